The number of benzene rings is 5. The molecule has 5 aliphatic heterocycles. The van der Waals surface area contributed by atoms with Gasteiger partial charge in [-0.1, -0.05) is 78.9 Å². The molecule has 0 atom stereocenters. The summed E-state index contributed by atoms with van der Waals surface area (Å²) in [6, 6.07) is 40.6. The summed E-state index contributed by atoms with van der Waals surface area (Å²) >= 11 is 0. The van der Waals surface area contributed by atoms with Crippen molar-refractivity contribution in [2.45, 2.75) is 26.4 Å². The van der Waals surface area contributed by atoms with E-state index in [1.54, 1.807) is 0 Å². The average molecular weight is 527 g/mol. The van der Waals surface area contributed by atoms with Crippen LogP contribution in [0.4, 0.5) is 0 Å². The van der Waals surface area contributed by atoms with Crippen LogP contribution in [0.2, 0.25) is 0 Å². The highest BCUT2D eigenvalue weighted by atomic mass is 16.5. The largest absolute Gasteiger partial charge is 0.489 e. The predicted octanol–water partition coefficient (Wildman–Crippen LogP) is 8.49. The summed E-state index contributed by atoms with van der Waals surface area (Å²) in [6.07, 6.45) is 4.18. The number of hydrogen-bond donors (Lipinski definition) is 0. The molecule has 0 aromatic heterocycles. The number of fused-ring (bicyclic) bond motifs is 4. The maximum atomic E-state index is 6.03. The number of ether oxygens (including phenoxy) is 4. The van der Waals surface area contributed by atoms with Crippen LogP contribution in [-0.2, 0) is 26.4 Å². The zero-order valence-corrected chi connectivity index (χ0v) is 22.2. The average Bonchev–Trinajstić information content (AvgIpc) is 3.01. The lowest BCUT2D eigenvalue weighted by Crippen LogP contribution is -2.00. The van der Waals surface area contributed by atoms with E-state index in [1.807, 2.05) is 78.9 Å². The van der Waals surface area contributed by atoms with Crippen LogP contribution in [0.25, 0.3) is 12.2 Å². The Hall–Kier alpha value is -4.96. The fourth-order valence-electron chi connectivity index (χ4n) is 4.38. The van der Waals surface area contributed by atoms with Gasteiger partial charge in [0.05, 0.1) is 0 Å². The van der Waals surface area contributed by atoms with E-state index in [0.717, 1.165) is 56.4 Å². The van der Waals surface area contributed by atoms with E-state index in [4.69, 9.17) is 18.9 Å². The Bertz CT molecular complexity index is 1440. The van der Waals surface area contributed by atoms with Crippen molar-refractivity contribution in [2.75, 3.05) is 0 Å². The number of hydrogen-bond acceptors (Lipinski definition) is 4. The normalized spacial score (nSPS) is 14.1. The lowest BCUT2D eigenvalue weighted by molar-refractivity contribution is 0.297. The molecule has 0 saturated heterocycles. The van der Waals surface area contributed by atoms with Gasteiger partial charge in [-0.2, -0.15) is 0 Å². The number of rotatable bonds is 0. The third kappa shape index (κ3) is 6.91. The lowest BCUT2D eigenvalue weighted by Gasteiger charge is -2.11. The first-order chi connectivity index (χ1) is 19.7. The zero-order chi connectivity index (χ0) is 27.0. The Morgan fingerprint density at radius 3 is 1.02 bits per heavy atom. The maximum absolute atomic E-state index is 6.03. The first-order valence-corrected chi connectivity index (χ1v) is 13.4. The molecule has 5 heterocycles. The maximum Gasteiger partial charge on any atom is 0.119 e. The second-order valence-corrected chi connectivity index (χ2v) is 9.73. The minimum absolute atomic E-state index is 0.488. The molecule has 0 spiro atoms. The molecule has 5 aliphatic rings. The molecule has 10 bridgehead atoms. The van der Waals surface area contributed by atoms with Gasteiger partial charge < -0.3 is 18.9 Å². The van der Waals surface area contributed by atoms with E-state index in [9.17, 15) is 0 Å². The van der Waals surface area contributed by atoms with Crippen LogP contribution in [-0.4, -0.2) is 0 Å². The minimum Gasteiger partial charge on any atom is -0.489 e. The molecule has 40 heavy (non-hydrogen) atoms. The first kappa shape index (κ1) is 25.3. The summed E-state index contributed by atoms with van der Waals surface area (Å²) in [6.45, 7) is 1.97. The fraction of sp³-hybridized carbons (Fsp3) is 0.111. The Labute approximate surface area is 235 Å². The summed E-state index contributed by atoms with van der Waals surface area (Å²) in [4.78, 5) is 0. The first-order valence-electron chi connectivity index (χ1n) is 13.4. The second kappa shape index (κ2) is 12.3. The predicted molar refractivity (Wildman–Crippen MR) is 158 cm³/mol. The van der Waals surface area contributed by atoms with Crippen molar-refractivity contribution in [3.8, 4) is 23.0 Å². The fourth-order valence-corrected chi connectivity index (χ4v) is 4.38. The van der Waals surface area contributed by atoms with Gasteiger partial charge in [0.25, 0.3) is 0 Å². The van der Waals surface area contributed by atoms with Crippen molar-refractivity contribution < 1.29 is 18.9 Å². The van der Waals surface area contributed by atoms with Gasteiger partial charge in [-0.25, -0.2) is 0 Å². The molecular weight excluding hydrogens is 496 g/mol. The monoisotopic (exact) mass is 526 g/mol. The van der Waals surface area contributed by atoms with Gasteiger partial charge in [0.15, 0.2) is 0 Å². The highest BCUT2D eigenvalue weighted by Gasteiger charge is 2.03. The second-order valence-electron chi connectivity index (χ2n) is 9.73. The van der Waals surface area contributed by atoms with E-state index in [1.165, 1.54) is 0 Å². The molecule has 0 radical (unpaired) electrons. The molecule has 0 aliphatic carbocycles. The molecular formula is C36H30O4. The molecule has 5 aromatic carbocycles. The van der Waals surface area contributed by atoms with Gasteiger partial charge >= 0.3 is 0 Å². The smallest absolute Gasteiger partial charge is 0.119 e. The third-order valence-electron chi connectivity index (χ3n) is 6.69. The van der Waals surface area contributed by atoms with E-state index in [-0.39, 0.29) is 0 Å². The third-order valence-corrected chi connectivity index (χ3v) is 6.69. The van der Waals surface area contributed by atoms with Gasteiger partial charge in [-0.15, -0.1) is 0 Å². The van der Waals surface area contributed by atoms with Crippen molar-refractivity contribution in [1.82, 2.24) is 0 Å². The van der Waals surface area contributed by atoms with Crippen LogP contribution >= 0.6 is 0 Å². The minimum atomic E-state index is 0.488. The topological polar surface area (TPSA) is 36.9 Å². The Kier molecular flexibility index (Phi) is 7.77. The van der Waals surface area contributed by atoms with Crippen LogP contribution in [0.5, 0.6) is 23.0 Å². The van der Waals surface area contributed by atoms with Gasteiger partial charge in [-0.3, -0.25) is 0 Å². The quantitative estimate of drug-likeness (QED) is 0.203. The molecule has 5 aromatic rings. The SMILES string of the molecule is C1=C\c2ccc(cc2)OCc2ccc(cc2)OCc2cccc(c2)COc2ccc(cc2)COc2ccc/1cc2. The van der Waals surface area contributed by atoms with Gasteiger partial charge in [0.1, 0.15) is 49.4 Å². The lowest BCUT2D eigenvalue weighted by atomic mass is 10.1. The van der Waals surface area contributed by atoms with Crippen LogP contribution in [0.15, 0.2) is 121 Å². The van der Waals surface area contributed by atoms with Gasteiger partial charge in [-0.05, 0) is 88.0 Å². The van der Waals surface area contributed by atoms with Crippen molar-refractivity contribution in [2.24, 2.45) is 0 Å². The van der Waals surface area contributed by atoms with E-state index >= 15 is 0 Å². The standard InChI is InChI=1S/C36H30O4/c1-2-31-22-32(3-1)26-40-36-20-12-30(13-21-36)24-38-34-16-8-28(9-17-34)5-4-27-6-14-33(15-7-27)37-23-29-10-18-35(19-11-29)39-25-31/h1-22H,23-26H2/b5-4-. The molecule has 0 fully saturated rings. The van der Waals surface area contributed by atoms with Crippen LogP contribution in [0, 0.1) is 0 Å². The van der Waals surface area contributed by atoms with Gasteiger partial charge in [0, 0.05) is 0 Å². The summed E-state index contributed by atoms with van der Waals surface area (Å²) in [5, 5.41) is 0. The molecule has 4 heteroatoms. The summed E-state index contributed by atoms with van der Waals surface area (Å²) < 4.78 is 24.0. The summed E-state index contributed by atoms with van der Waals surface area (Å²) in [5.41, 5.74) is 6.57. The molecule has 198 valence electrons. The molecule has 0 N–H and O–H groups in total. The van der Waals surface area contributed by atoms with E-state index in [2.05, 4.69) is 54.6 Å². The Morgan fingerprint density at radius 1 is 0.325 bits per heavy atom. The Balaban J connectivity index is 1.20. The molecule has 0 amide bonds. The van der Waals surface area contributed by atoms with Crippen molar-refractivity contribution in [3.63, 3.8) is 0 Å². The van der Waals surface area contributed by atoms with Crippen molar-refractivity contribution in [1.29, 1.82) is 0 Å². The van der Waals surface area contributed by atoms with Crippen LogP contribution in [0.3, 0.4) is 0 Å². The molecule has 4 nitrogen and oxygen atoms in total. The summed E-state index contributed by atoms with van der Waals surface area (Å²) in [5.74, 6) is 3.32. The molecule has 0 unspecified atom stereocenters. The van der Waals surface area contributed by atoms with Gasteiger partial charge in [0.2, 0.25) is 0 Å². The van der Waals surface area contributed by atoms with Crippen molar-refractivity contribution >= 4 is 12.2 Å². The molecule has 0 saturated carbocycles. The highest BCUT2D eigenvalue weighted by molar-refractivity contribution is 5.70. The Morgan fingerprint density at radius 2 is 0.650 bits per heavy atom. The highest BCUT2D eigenvalue weighted by Crippen LogP contribution is 2.21. The summed E-state index contributed by atoms with van der Waals surface area (Å²) in [7, 11) is 0. The molecule has 10 rings (SSSR count). The zero-order valence-electron chi connectivity index (χ0n) is 22.2. The van der Waals surface area contributed by atoms with E-state index < -0.39 is 0 Å². The van der Waals surface area contributed by atoms with Crippen LogP contribution < -0.4 is 18.9 Å². The van der Waals surface area contributed by atoms with E-state index in [0.29, 0.717) is 26.4 Å². The van der Waals surface area contributed by atoms with Crippen molar-refractivity contribution in [3.05, 3.63) is 155 Å². The van der Waals surface area contributed by atoms with Crippen LogP contribution in [0.1, 0.15) is 33.4 Å².